The van der Waals surface area contributed by atoms with Gasteiger partial charge in [0.2, 0.25) is 5.91 Å². The number of aromatic hydroxyl groups is 1. The number of nitrogens with zero attached hydrogens (tertiary/aromatic N) is 1. The van der Waals surface area contributed by atoms with Gasteiger partial charge in [-0.15, -0.1) is 0 Å². The second-order valence-electron chi connectivity index (χ2n) is 9.53. The summed E-state index contributed by atoms with van der Waals surface area (Å²) in [6.45, 7) is 17.3. The Hall–Kier alpha value is -1.46. The molecule has 1 heterocycles. The predicted molar refractivity (Wildman–Crippen MR) is 121 cm³/mol. The molecule has 0 aliphatic carbocycles. The van der Waals surface area contributed by atoms with Gasteiger partial charge < -0.3 is 15.3 Å². The second kappa shape index (κ2) is 8.91. The zero-order chi connectivity index (χ0) is 21.1. The summed E-state index contributed by atoms with van der Waals surface area (Å²) < 4.78 is 0. The highest BCUT2D eigenvalue weighted by molar-refractivity contribution is 8.04. The largest absolute Gasteiger partial charge is 0.507 e. The highest BCUT2D eigenvalue weighted by Crippen LogP contribution is 2.41. The fourth-order valence-electron chi connectivity index (χ4n) is 3.29. The van der Waals surface area contributed by atoms with Crippen LogP contribution in [0.2, 0.25) is 0 Å². The lowest BCUT2D eigenvalue weighted by atomic mass is 9.78. The van der Waals surface area contributed by atoms with Gasteiger partial charge in [-0.05, 0) is 47.6 Å². The SMILES string of the molecule is CCCNCCN1C(=O)CSC1=Cc1cc(C(C)(C)C)c(O)c(C(C)(C)C)c1. The van der Waals surface area contributed by atoms with Crippen molar-refractivity contribution in [1.29, 1.82) is 0 Å². The van der Waals surface area contributed by atoms with E-state index in [9.17, 15) is 9.90 Å². The van der Waals surface area contributed by atoms with Gasteiger partial charge in [0.1, 0.15) is 5.75 Å². The lowest BCUT2D eigenvalue weighted by Crippen LogP contribution is -2.32. The van der Waals surface area contributed by atoms with Gasteiger partial charge >= 0.3 is 0 Å². The van der Waals surface area contributed by atoms with Crippen LogP contribution in [0.15, 0.2) is 17.2 Å². The molecule has 28 heavy (non-hydrogen) atoms. The van der Waals surface area contributed by atoms with Crippen molar-refractivity contribution in [1.82, 2.24) is 10.2 Å². The maximum absolute atomic E-state index is 12.3. The third-order valence-corrected chi connectivity index (χ3v) is 5.91. The number of benzene rings is 1. The van der Waals surface area contributed by atoms with Gasteiger partial charge in [-0.1, -0.05) is 60.2 Å². The molecule has 1 aliphatic heterocycles. The molecule has 0 aromatic heterocycles. The molecule has 0 unspecified atom stereocenters. The van der Waals surface area contributed by atoms with Crippen LogP contribution in [0.3, 0.4) is 0 Å². The Bertz CT molecular complexity index is 707. The van der Waals surface area contributed by atoms with Crippen molar-refractivity contribution >= 4 is 23.7 Å². The van der Waals surface area contributed by atoms with Crippen molar-refractivity contribution in [3.05, 3.63) is 33.9 Å². The zero-order valence-corrected chi connectivity index (χ0v) is 19.3. The Morgan fingerprint density at radius 2 is 1.68 bits per heavy atom. The first-order valence-electron chi connectivity index (χ1n) is 10.2. The van der Waals surface area contributed by atoms with Gasteiger partial charge in [0.25, 0.3) is 0 Å². The van der Waals surface area contributed by atoms with Crippen LogP contribution in [0.4, 0.5) is 0 Å². The molecule has 0 saturated carbocycles. The summed E-state index contributed by atoms with van der Waals surface area (Å²) in [6.07, 6.45) is 3.18. The number of phenolic OH excluding ortho intramolecular Hbond substituents is 1. The Labute approximate surface area is 174 Å². The Balaban J connectivity index is 2.41. The molecule has 0 spiro atoms. The number of thioether (sulfide) groups is 1. The molecular formula is C23H36N2O2S. The molecule has 1 saturated heterocycles. The van der Waals surface area contributed by atoms with Crippen molar-refractivity contribution in [2.75, 3.05) is 25.4 Å². The lowest BCUT2D eigenvalue weighted by molar-refractivity contribution is -0.125. The summed E-state index contributed by atoms with van der Waals surface area (Å²) in [7, 11) is 0. The number of carbonyl (C=O) groups excluding carboxylic acids is 1. The third-order valence-electron chi connectivity index (χ3n) is 4.89. The van der Waals surface area contributed by atoms with E-state index in [1.807, 2.05) is 4.90 Å². The molecule has 0 bridgehead atoms. The van der Waals surface area contributed by atoms with E-state index in [1.54, 1.807) is 11.8 Å². The smallest absolute Gasteiger partial charge is 0.237 e. The predicted octanol–water partition coefficient (Wildman–Crippen LogP) is 4.86. The summed E-state index contributed by atoms with van der Waals surface area (Å²) in [5, 5.41) is 15.3. The average Bonchev–Trinajstić information content (AvgIpc) is 2.91. The molecule has 1 fully saturated rings. The van der Waals surface area contributed by atoms with Gasteiger partial charge in [-0.3, -0.25) is 4.79 Å². The van der Waals surface area contributed by atoms with Crippen LogP contribution in [0, 0.1) is 0 Å². The Morgan fingerprint density at radius 3 is 2.18 bits per heavy atom. The first kappa shape index (κ1) is 22.8. The van der Waals surface area contributed by atoms with Crippen molar-refractivity contribution in [2.45, 2.75) is 65.7 Å². The number of nitrogens with one attached hydrogen (secondary N) is 1. The van der Waals surface area contributed by atoms with Gasteiger partial charge in [0.05, 0.1) is 10.8 Å². The highest BCUT2D eigenvalue weighted by Gasteiger charge is 2.28. The first-order chi connectivity index (χ1) is 12.9. The summed E-state index contributed by atoms with van der Waals surface area (Å²) in [6, 6.07) is 4.13. The summed E-state index contributed by atoms with van der Waals surface area (Å²) in [4.78, 5) is 14.2. The normalized spacial score (nSPS) is 17.0. The van der Waals surface area contributed by atoms with Crippen molar-refractivity contribution in [3.8, 4) is 5.75 Å². The van der Waals surface area contributed by atoms with Crippen molar-refractivity contribution in [2.24, 2.45) is 0 Å². The van der Waals surface area contributed by atoms with Crippen LogP contribution in [-0.2, 0) is 15.6 Å². The molecule has 1 amide bonds. The van der Waals surface area contributed by atoms with E-state index in [-0.39, 0.29) is 16.7 Å². The van der Waals surface area contributed by atoms with E-state index in [1.165, 1.54) is 0 Å². The molecule has 4 nitrogen and oxygen atoms in total. The summed E-state index contributed by atoms with van der Waals surface area (Å²) in [5.74, 6) is 1.05. The van der Waals surface area contributed by atoms with E-state index >= 15 is 0 Å². The van der Waals surface area contributed by atoms with E-state index in [0.717, 1.165) is 41.2 Å². The Kier molecular flexibility index (Phi) is 7.27. The average molecular weight is 405 g/mol. The van der Waals surface area contributed by atoms with E-state index < -0.39 is 0 Å². The minimum absolute atomic E-state index is 0.166. The minimum Gasteiger partial charge on any atom is -0.507 e. The second-order valence-corrected chi connectivity index (χ2v) is 10.5. The topological polar surface area (TPSA) is 52.6 Å². The van der Waals surface area contributed by atoms with Crippen LogP contribution in [0.25, 0.3) is 6.08 Å². The van der Waals surface area contributed by atoms with Crippen LogP contribution in [0.5, 0.6) is 5.75 Å². The minimum atomic E-state index is -0.166. The van der Waals surface area contributed by atoms with Crippen molar-refractivity contribution < 1.29 is 9.90 Å². The summed E-state index contributed by atoms with van der Waals surface area (Å²) in [5.41, 5.74) is 2.59. The van der Waals surface area contributed by atoms with Gasteiger partial charge in [-0.2, -0.15) is 0 Å². The molecule has 156 valence electrons. The van der Waals surface area contributed by atoms with Crippen LogP contribution < -0.4 is 5.32 Å². The number of amides is 1. The van der Waals surface area contributed by atoms with E-state index in [4.69, 9.17) is 0 Å². The maximum Gasteiger partial charge on any atom is 0.237 e. The first-order valence-corrected chi connectivity index (χ1v) is 11.2. The highest BCUT2D eigenvalue weighted by atomic mass is 32.2. The molecule has 2 N–H and O–H groups in total. The molecule has 5 heteroatoms. The number of hydrogen-bond donors (Lipinski definition) is 2. The maximum atomic E-state index is 12.3. The number of phenols is 1. The van der Waals surface area contributed by atoms with Gasteiger partial charge in [0.15, 0.2) is 0 Å². The quantitative estimate of drug-likeness (QED) is 0.665. The molecular weight excluding hydrogens is 368 g/mol. The van der Waals surface area contributed by atoms with E-state index in [0.29, 0.717) is 18.0 Å². The van der Waals surface area contributed by atoms with Gasteiger partial charge in [0, 0.05) is 24.2 Å². The van der Waals surface area contributed by atoms with Crippen LogP contribution in [-0.4, -0.2) is 41.3 Å². The number of rotatable bonds is 6. The fraction of sp³-hybridized carbons (Fsp3) is 0.609. The monoisotopic (exact) mass is 404 g/mol. The number of carbonyl (C=O) groups is 1. The molecule has 2 rings (SSSR count). The van der Waals surface area contributed by atoms with Crippen molar-refractivity contribution in [3.63, 3.8) is 0 Å². The zero-order valence-electron chi connectivity index (χ0n) is 18.5. The number of hydrogen-bond acceptors (Lipinski definition) is 4. The summed E-state index contributed by atoms with van der Waals surface area (Å²) >= 11 is 1.60. The van der Waals surface area contributed by atoms with Crippen LogP contribution in [0.1, 0.15) is 71.6 Å². The molecule has 0 radical (unpaired) electrons. The van der Waals surface area contributed by atoms with Gasteiger partial charge in [-0.25, -0.2) is 0 Å². The fourth-order valence-corrected chi connectivity index (χ4v) is 4.28. The molecule has 1 aromatic carbocycles. The third kappa shape index (κ3) is 5.54. The lowest BCUT2D eigenvalue weighted by Gasteiger charge is -2.28. The molecule has 0 atom stereocenters. The standard InChI is InChI=1S/C23H36N2O2S/c1-8-9-24-10-11-25-19(26)15-28-20(25)14-16-12-17(22(2,3)4)21(27)18(13-16)23(5,6)7/h12-14,24,27H,8-11,15H2,1-7H3. The molecule has 1 aromatic rings. The Morgan fingerprint density at radius 1 is 1.11 bits per heavy atom. The molecule has 1 aliphatic rings. The van der Waals surface area contributed by atoms with Crippen LogP contribution >= 0.6 is 11.8 Å². The van der Waals surface area contributed by atoms with E-state index in [2.05, 4.69) is 72.0 Å².